The highest BCUT2D eigenvalue weighted by Crippen LogP contribution is 2.27. The van der Waals surface area contributed by atoms with Gasteiger partial charge in [-0.1, -0.05) is 19.4 Å². The van der Waals surface area contributed by atoms with Crippen molar-refractivity contribution in [1.82, 2.24) is 10.2 Å². The Morgan fingerprint density at radius 3 is 2.67 bits per heavy atom. The Bertz CT molecular complexity index is 598. The van der Waals surface area contributed by atoms with E-state index in [1.165, 1.54) is 0 Å². The Labute approximate surface area is 123 Å². The topological polar surface area (TPSA) is 92.5 Å². The summed E-state index contributed by atoms with van der Waals surface area (Å²) < 4.78 is 0. The summed E-state index contributed by atoms with van der Waals surface area (Å²) in [6.07, 6.45) is 1.80. The molecule has 1 heterocycles. The summed E-state index contributed by atoms with van der Waals surface area (Å²) in [7, 11) is 0. The van der Waals surface area contributed by atoms with Gasteiger partial charge in [0, 0.05) is 11.7 Å². The number of carbonyl (C=O) groups is 3. The number of hydrogen-bond acceptors (Lipinski definition) is 4. The minimum atomic E-state index is -0.508. The van der Waals surface area contributed by atoms with Gasteiger partial charge < -0.3 is 11.1 Å². The number of nitrogens with one attached hydrogen (secondary N) is 1. The number of nitrogens with zero attached hydrogens (tertiary/aromatic N) is 1. The van der Waals surface area contributed by atoms with Crippen molar-refractivity contribution < 1.29 is 14.4 Å². The lowest BCUT2D eigenvalue weighted by Gasteiger charge is -2.17. The standard InChI is InChI=1S/C15H19N3O3/c1-3-5-9(2)17-12(19)8-18-14(20)10-6-4-7-11(16)13(10)15(18)21/h4,6-7,9H,3,5,8,16H2,1-2H3,(H,17,19). The zero-order chi connectivity index (χ0) is 15.6. The first-order chi connectivity index (χ1) is 9.95. The molecule has 0 fully saturated rings. The van der Waals surface area contributed by atoms with Crippen LogP contribution in [0.5, 0.6) is 0 Å². The number of hydrogen-bond donors (Lipinski definition) is 2. The molecule has 6 nitrogen and oxygen atoms in total. The smallest absolute Gasteiger partial charge is 0.264 e. The number of amides is 3. The molecule has 0 spiro atoms. The van der Waals surface area contributed by atoms with Gasteiger partial charge in [-0.3, -0.25) is 19.3 Å². The minimum absolute atomic E-state index is 0.0164. The third-order valence-corrected chi connectivity index (χ3v) is 3.46. The molecule has 0 aliphatic carbocycles. The average molecular weight is 289 g/mol. The van der Waals surface area contributed by atoms with Crippen LogP contribution in [0, 0.1) is 0 Å². The molecule has 0 aromatic heterocycles. The second kappa shape index (κ2) is 5.95. The third kappa shape index (κ3) is 2.89. The van der Waals surface area contributed by atoms with Crippen LogP contribution in [0.2, 0.25) is 0 Å². The number of imide groups is 1. The lowest BCUT2D eigenvalue weighted by Crippen LogP contribution is -2.43. The van der Waals surface area contributed by atoms with E-state index in [0.29, 0.717) is 0 Å². The van der Waals surface area contributed by atoms with Crippen molar-refractivity contribution in [2.75, 3.05) is 12.3 Å². The molecular formula is C15H19N3O3. The Kier molecular flexibility index (Phi) is 4.26. The van der Waals surface area contributed by atoms with Crippen LogP contribution in [-0.4, -0.2) is 35.2 Å². The van der Waals surface area contributed by atoms with E-state index in [1.54, 1.807) is 18.2 Å². The molecule has 1 aliphatic rings. The van der Waals surface area contributed by atoms with E-state index in [1.807, 2.05) is 13.8 Å². The second-order valence-electron chi connectivity index (χ2n) is 5.22. The van der Waals surface area contributed by atoms with Crippen LogP contribution >= 0.6 is 0 Å². The zero-order valence-electron chi connectivity index (χ0n) is 12.2. The van der Waals surface area contributed by atoms with E-state index in [0.717, 1.165) is 17.7 Å². The molecule has 1 atom stereocenters. The maximum absolute atomic E-state index is 12.2. The van der Waals surface area contributed by atoms with Gasteiger partial charge in [0.1, 0.15) is 6.54 Å². The molecule has 3 amide bonds. The summed E-state index contributed by atoms with van der Waals surface area (Å²) in [5.74, 6) is -1.32. The molecule has 0 radical (unpaired) electrons. The van der Waals surface area contributed by atoms with Crippen molar-refractivity contribution in [3.05, 3.63) is 29.3 Å². The van der Waals surface area contributed by atoms with Gasteiger partial charge in [0.05, 0.1) is 11.1 Å². The van der Waals surface area contributed by atoms with Crippen molar-refractivity contribution >= 4 is 23.4 Å². The van der Waals surface area contributed by atoms with Gasteiger partial charge in [-0.15, -0.1) is 0 Å². The first-order valence-corrected chi connectivity index (χ1v) is 6.99. The van der Waals surface area contributed by atoms with Gasteiger partial charge in [-0.25, -0.2) is 0 Å². The van der Waals surface area contributed by atoms with Crippen LogP contribution in [-0.2, 0) is 4.79 Å². The largest absolute Gasteiger partial charge is 0.398 e. The maximum atomic E-state index is 12.2. The lowest BCUT2D eigenvalue weighted by atomic mass is 10.1. The van der Waals surface area contributed by atoms with E-state index >= 15 is 0 Å². The highest BCUT2D eigenvalue weighted by Gasteiger charge is 2.38. The zero-order valence-corrected chi connectivity index (χ0v) is 12.2. The molecule has 3 N–H and O–H groups in total. The summed E-state index contributed by atoms with van der Waals surface area (Å²) in [5.41, 5.74) is 6.45. The first kappa shape index (κ1) is 15.0. The van der Waals surface area contributed by atoms with Gasteiger partial charge >= 0.3 is 0 Å². The van der Waals surface area contributed by atoms with Crippen molar-refractivity contribution in [3.63, 3.8) is 0 Å². The van der Waals surface area contributed by atoms with Gasteiger partial charge in [0.25, 0.3) is 11.8 Å². The molecule has 6 heteroatoms. The summed E-state index contributed by atoms with van der Waals surface area (Å²) in [6.45, 7) is 3.64. The molecule has 1 unspecified atom stereocenters. The molecule has 1 aromatic carbocycles. The molecule has 112 valence electrons. The Hall–Kier alpha value is -2.37. The van der Waals surface area contributed by atoms with Crippen LogP contribution in [0.15, 0.2) is 18.2 Å². The van der Waals surface area contributed by atoms with E-state index in [4.69, 9.17) is 5.73 Å². The Morgan fingerprint density at radius 2 is 2.05 bits per heavy atom. The van der Waals surface area contributed by atoms with Gasteiger partial charge in [-0.05, 0) is 25.5 Å². The van der Waals surface area contributed by atoms with Gasteiger partial charge in [-0.2, -0.15) is 0 Å². The summed E-state index contributed by atoms with van der Waals surface area (Å²) in [5, 5.41) is 2.77. The lowest BCUT2D eigenvalue weighted by molar-refractivity contribution is -0.122. The molecule has 0 bridgehead atoms. The fourth-order valence-corrected chi connectivity index (χ4v) is 2.47. The summed E-state index contributed by atoms with van der Waals surface area (Å²) in [6, 6.07) is 4.75. The monoisotopic (exact) mass is 289 g/mol. The van der Waals surface area contributed by atoms with Crippen LogP contribution < -0.4 is 11.1 Å². The SMILES string of the molecule is CCCC(C)NC(=O)CN1C(=O)c2cccc(N)c2C1=O. The van der Waals surface area contributed by atoms with E-state index in [2.05, 4.69) is 5.32 Å². The van der Waals surface area contributed by atoms with E-state index in [9.17, 15) is 14.4 Å². The predicted octanol–water partition coefficient (Wildman–Crippen LogP) is 1.17. The van der Waals surface area contributed by atoms with Gasteiger partial charge in [0.2, 0.25) is 5.91 Å². The normalized spacial score (nSPS) is 15.0. The number of anilines is 1. The number of fused-ring (bicyclic) bond motifs is 1. The van der Waals surface area contributed by atoms with Crippen molar-refractivity contribution in [1.29, 1.82) is 0 Å². The molecular weight excluding hydrogens is 270 g/mol. The van der Waals surface area contributed by atoms with Gasteiger partial charge in [0.15, 0.2) is 0 Å². The molecule has 2 rings (SSSR count). The Morgan fingerprint density at radius 1 is 1.33 bits per heavy atom. The third-order valence-electron chi connectivity index (χ3n) is 3.46. The molecule has 21 heavy (non-hydrogen) atoms. The fourth-order valence-electron chi connectivity index (χ4n) is 2.47. The molecule has 1 aliphatic heterocycles. The predicted molar refractivity (Wildman–Crippen MR) is 78.7 cm³/mol. The quantitative estimate of drug-likeness (QED) is 0.628. The van der Waals surface area contributed by atoms with Crippen LogP contribution in [0.25, 0.3) is 0 Å². The highest BCUT2D eigenvalue weighted by molar-refractivity contribution is 6.24. The fraction of sp³-hybridized carbons (Fsp3) is 0.400. The first-order valence-electron chi connectivity index (χ1n) is 6.99. The van der Waals surface area contributed by atoms with Crippen LogP contribution in [0.1, 0.15) is 47.4 Å². The number of nitrogens with two attached hydrogens (primary N) is 1. The number of benzene rings is 1. The number of nitrogen functional groups attached to an aromatic ring is 1. The maximum Gasteiger partial charge on any atom is 0.264 e. The molecule has 0 saturated heterocycles. The highest BCUT2D eigenvalue weighted by atomic mass is 16.2. The molecule has 0 saturated carbocycles. The summed E-state index contributed by atoms with van der Waals surface area (Å²) in [4.78, 5) is 37.3. The van der Waals surface area contributed by atoms with Crippen molar-refractivity contribution in [2.45, 2.75) is 32.7 Å². The minimum Gasteiger partial charge on any atom is -0.398 e. The van der Waals surface area contributed by atoms with Crippen molar-refractivity contribution in [3.8, 4) is 0 Å². The second-order valence-corrected chi connectivity index (χ2v) is 5.22. The van der Waals surface area contributed by atoms with E-state index in [-0.39, 0.29) is 35.3 Å². The van der Waals surface area contributed by atoms with Crippen molar-refractivity contribution in [2.24, 2.45) is 0 Å². The number of carbonyl (C=O) groups excluding carboxylic acids is 3. The van der Waals surface area contributed by atoms with Crippen LogP contribution in [0.4, 0.5) is 5.69 Å². The summed E-state index contributed by atoms with van der Waals surface area (Å²) >= 11 is 0. The van der Waals surface area contributed by atoms with E-state index < -0.39 is 11.8 Å². The number of rotatable bonds is 5. The average Bonchev–Trinajstić information content (AvgIpc) is 2.65. The Balaban J connectivity index is 2.10. The molecule has 1 aromatic rings. The van der Waals surface area contributed by atoms with Crippen LogP contribution in [0.3, 0.4) is 0 Å².